The van der Waals surface area contributed by atoms with Crippen LogP contribution in [0.25, 0.3) is 0 Å². The topological polar surface area (TPSA) is 38.7 Å². The maximum Gasteiger partial charge on any atom is 0.166 e. The van der Waals surface area contributed by atoms with Crippen LogP contribution < -0.4 is 0 Å². The zero-order valence-electron chi connectivity index (χ0n) is 4.68. The normalized spacial score (nSPS) is 9.75. The highest BCUT2D eigenvalue weighted by molar-refractivity contribution is 7.43. The monoisotopic (exact) mass is 165 g/mol. The molecule has 6 heteroatoms. The Morgan fingerprint density at radius 2 is 1.00 bits per heavy atom. The van der Waals surface area contributed by atoms with Crippen LogP contribution in [0.4, 0.5) is 0 Å². The van der Waals surface area contributed by atoms with E-state index in [-0.39, 0.29) is 0 Å². The first-order valence-electron chi connectivity index (χ1n) is 2.20. The molecular weight excluding hydrogens is 159 g/mol. The first kappa shape index (κ1) is 8.30. The lowest BCUT2D eigenvalue weighted by molar-refractivity contribution is 1.50. The predicted octanol–water partition coefficient (Wildman–Crippen LogP) is 2.64. The zero-order chi connectivity index (χ0) is 6.24. The lowest BCUT2D eigenvalue weighted by atomic mass is 11.0. The molecule has 0 amide bonds. The molecule has 1 aromatic heterocycles. The van der Waals surface area contributed by atoms with Gasteiger partial charge in [-0.05, 0) is 0 Å². The van der Waals surface area contributed by atoms with Crippen molar-refractivity contribution in [1.29, 1.82) is 0 Å². The van der Waals surface area contributed by atoms with Gasteiger partial charge in [-0.25, -0.2) is 0 Å². The first-order valence-corrected chi connectivity index (χ1v) is 4.60. The van der Waals surface area contributed by atoms with Crippen LogP contribution in [-0.4, -0.2) is 13.5 Å². The van der Waals surface area contributed by atoms with E-state index < -0.39 is 0 Å². The van der Waals surface area contributed by atoms with Gasteiger partial charge in [0.25, 0.3) is 0 Å². The third-order valence-electron chi connectivity index (χ3n) is 0.240. The molecule has 0 spiro atoms. The van der Waals surface area contributed by atoms with E-state index in [0.717, 1.165) is 25.5 Å². The van der Waals surface area contributed by atoms with Crippen LogP contribution in [0.3, 0.4) is 0 Å². The van der Waals surface area contributed by atoms with E-state index in [1.165, 1.54) is 0 Å². The summed E-state index contributed by atoms with van der Waals surface area (Å²) in [5.41, 5.74) is 0. The van der Waals surface area contributed by atoms with Gasteiger partial charge in [0, 0.05) is 0 Å². The summed E-state index contributed by atoms with van der Waals surface area (Å²) in [6.07, 6.45) is 0. The van der Waals surface area contributed by atoms with Crippen molar-refractivity contribution >= 4 is 25.5 Å². The summed E-state index contributed by atoms with van der Waals surface area (Å²) in [5, 5.41) is 0. The van der Waals surface area contributed by atoms with Crippen molar-refractivity contribution in [1.82, 2.24) is 13.5 Å². The van der Waals surface area contributed by atoms with Crippen LogP contribution in [0, 0.1) is 0 Å². The van der Waals surface area contributed by atoms with Crippen LogP contribution in [0.1, 0.15) is 13.8 Å². The molecule has 0 atom stereocenters. The third-order valence-corrected chi connectivity index (χ3v) is 2.16. The molecule has 1 heterocycles. The second-order valence-electron chi connectivity index (χ2n) is 0.537. The van der Waals surface area contributed by atoms with E-state index in [2.05, 4.69) is 13.5 Å². The Morgan fingerprint density at radius 3 is 1.12 bits per heavy atom. The summed E-state index contributed by atoms with van der Waals surface area (Å²) in [7, 11) is 2.49. The number of nitrogens with zero attached hydrogens (tertiary/aromatic N) is 3. The Balaban J connectivity index is 0.000000222. The van der Waals surface area contributed by atoms with E-state index >= 15 is 0 Å². The van der Waals surface area contributed by atoms with Gasteiger partial charge in [0.2, 0.25) is 0 Å². The second kappa shape index (κ2) is 7.30. The molecule has 0 aliphatic rings. The van der Waals surface area contributed by atoms with E-state index in [4.69, 9.17) is 0 Å². The number of aromatic nitrogens is 3. The maximum absolute atomic E-state index is 3.78. The van der Waals surface area contributed by atoms with Crippen molar-refractivity contribution in [3.05, 3.63) is 0 Å². The Kier molecular flexibility index (Phi) is 7.57. The summed E-state index contributed by atoms with van der Waals surface area (Å²) in [4.78, 5) is 0. The van der Waals surface area contributed by atoms with Gasteiger partial charge >= 0.3 is 0 Å². The molecule has 8 heavy (non-hydrogen) atoms. The molecule has 44 valence electrons. The number of hydrogen-bond donors (Lipinski definition) is 0. The molecule has 0 saturated heterocycles. The van der Waals surface area contributed by atoms with Crippen LogP contribution in [0.5, 0.6) is 0 Å². The fourth-order valence-corrected chi connectivity index (χ4v) is 1.93. The Labute approximate surface area is 53.7 Å². The molecule has 0 fully saturated rings. The first-order chi connectivity index (χ1) is 4.00. The fourth-order valence-electron chi connectivity index (χ4n) is 0.107. The summed E-state index contributed by atoms with van der Waals surface area (Å²) in [5.74, 6) is 0. The highest BCUT2D eigenvalue weighted by Crippen LogP contribution is 2.01. The molecular formula is C2H6N3P3. The minimum absolute atomic E-state index is 0.830. The molecule has 0 aliphatic heterocycles. The van der Waals surface area contributed by atoms with Gasteiger partial charge in [-0.1, -0.05) is 13.8 Å². The molecule has 0 unspecified atom stereocenters. The summed E-state index contributed by atoms with van der Waals surface area (Å²) in [6, 6.07) is 0. The van der Waals surface area contributed by atoms with E-state index in [1.807, 2.05) is 13.8 Å². The van der Waals surface area contributed by atoms with Crippen molar-refractivity contribution in [2.24, 2.45) is 0 Å². The minimum Gasteiger partial charge on any atom is -0.166 e. The SMILES string of the molecule is CC.n1pnpnp1. The quantitative estimate of drug-likeness (QED) is 0.592. The summed E-state index contributed by atoms with van der Waals surface area (Å²) < 4.78 is 11.3. The molecule has 0 aromatic carbocycles. The van der Waals surface area contributed by atoms with Gasteiger partial charge in [0.15, 0.2) is 25.5 Å². The summed E-state index contributed by atoms with van der Waals surface area (Å²) >= 11 is 0. The Hall–Kier alpha value is 0.300. The highest BCUT2D eigenvalue weighted by Gasteiger charge is 1.64. The van der Waals surface area contributed by atoms with Gasteiger partial charge in [-0.2, -0.15) is 13.5 Å². The predicted molar refractivity (Wildman–Crippen MR) is 38.7 cm³/mol. The standard InChI is InChI=1S/C2H6.N3P3/c1-2;1-4-2-6-3-5-1/h1-2H3;. The van der Waals surface area contributed by atoms with E-state index in [0.29, 0.717) is 0 Å². The maximum atomic E-state index is 3.78. The molecule has 0 radical (unpaired) electrons. The van der Waals surface area contributed by atoms with Crippen LogP contribution in [-0.2, 0) is 0 Å². The average molecular weight is 165 g/mol. The van der Waals surface area contributed by atoms with Gasteiger partial charge < -0.3 is 0 Å². The van der Waals surface area contributed by atoms with Crippen LogP contribution >= 0.6 is 25.5 Å². The molecule has 0 bridgehead atoms. The largest absolute Gasteiger partial charge is 0.166 e. The van der Waals surface area contributed by atoms with E-state index in [9.17, 15) is 0 Å². The Morgan fingerprint density at radius 1 is 0.750 bits per heavy atom. The van der Waals surface area contributed by atoms with E-state index in [1.54, 1.807) is 0 Å². The lowest BCUT2D eigenvalue weighted by Gasteiger charge is -1.64. The van der Waals surface area contributed by atoms with Gasteiger partial charge in [-0.3, -0.25) is 0 Å². The number of hydrogen-bond acceptors (Lipinski definition) is 3. The number of rotatable bonds is 0. The van der Waals surface area contributed by atoms with Gasteiger partial charge in [-0.15, -0.1) is 0 Å². The smallest absolute Gasteiger partial charge is 0.166 e. The van der Waals surface area contributed by atoms with Crippen LogP contribution in [0.15, 0.2) is 0 Å². The molecule has 0 aliphatic carbocycles. The van der Waals surface area contributed by atoms with Crippen molar-refractivity contribution in [2.75, 3.05) is 0 Å². The molecule has 3 nitrogen and oxygen atoms in total. The third kappa shape index (κ3) is 4.46. The Bertz CT molecular complexity index is 84.5. The average Bonchev–Trinajstić information content (AvgIpc) is 1.96. The fraction of sp³-hybridized carbons (Fsp3) is 1.00. The summed E-state index contributed by atoms with van der Waals surface area (Å²) in [6.45, 7) is 4.00. The molecule has 1 rings (SSSR count). The van der Waals surface area contributed by atoms with Crippen molar-refractivity contribution < 1.29 is 0 Å². The van der Waals surface area contributed by atoms with Crippen molar-refractivity contribution in [3.63, 3.8) is 0 Å². The second-order valence-corrected chi connectivity index (χ2v) is 3.22. The van der Waals surface area contributed by atoms with Gasteiger partial charge in [0.1, 0.15) is 0 Å². The van der Waals surface area contributed by atoms with Crippen LogP contribution in [0.2, 0.25) is 0 Å². The van der Waals surface area contributed by atoms with Gasteiger partial charge in [0.05, 0.1) is 0 Å². The van der Waals surface area contributed by atoms with Crippen molar-refractivity contribution in [3.8, 4) is 0 Å². The minimum atomic E-state index is 0.830. The zero-order valence-corrected chi connectivity index (χ0v) is 7.37. The highest BCUT2D eigenvalue weighted by atomic mass is 31.1. The lowest BCUT2D eigenvalue weighted by Crippen LogP contribution is -1.47. The molecule has 0 N–H and O–H groups in total. The van der Waals surface area contributed by atoms with Crippen molar-refractivity contribution in [2.45, 2.75) is 13.8 Å². The molecule has 1 aromatic rings. The molecule has 0 saturated carbocycles.